The first-order chi connectivity index (χ1) is 9.17. The molecule has 0 fully saturated rings. The van der Waals surface area contributed by atoms with Crippen molar-refractivity contribution in [2.75, 3.05) is 5.32 Å². The van der Waals surface area contributed by atoms with Crippen molar-refractivity contribution in [1.29, 1.82) is 0 Å². The first kappa shape index (κ1) is 17.0. The van der Waals surface area contributed by atoms with Gasteiger partial charge in [0.2, 0.25) is 5.69 Å². The number of anilines is 1. The van der Waals surface area contributed by atoms with Crippen molar-refractivity contribution in [3.63, 3.8) is 0 Å². The summed E-state index contributed by atoms with van der Waals surface area (Å²) < 4.78 is 4.35. The minimum Gasteiger partial charge on any atom is -1.00 e. The first-order valence-corrected chi connectivity index (χ1v) is 7.05. The van der Waals surface area contributed by atoms with Crippen LogP contribution in [0.15, 0.2) is 36.4 Å². The molecule has 1 N–H and O–H groups in total. The van der Waals surface area contributed by atoms with Crippen LogP contribution in [0.5, 0.6) is 0 Å². The molecule has 1 aromatic carbocycles. The number of hydrogen-bond donors (Lipinski definition) is 1. The molecule has 0 aliphatic heterocycles. The molecule has 20 heavy (non-hydrogen) atoms. The third-order valence-electron chi connectivity index (χ3n) is 3.83. The van der Waals surface area contributed by atoms with Gasteiger partial charge in [-0.25, -0.2) is 0 Å². The van der Waals surface area contributed by atoms with Crippen LogP contribution in [0.25, 0.3) is 11.3 Å². The average Bonchev–Trinajstić information content (AvgIpc) is 2.74. The normalized spacial score (nSPS) is 10.4. The summed E-state index contributed by atoms with van der Waals surface area (Å²) in [7, 11) is 4.19. The van der Waals surface area contributed by atoms with Gasteiger partial charge in [0.25, 0.3) is 0 Å². The van der Waals surface area contributed by atoms with Crippen molar-refractivity contribution in [1.82, 2.24) is 4.68 Å². The van der Waals surface area contributed by atoms with Crippen LogP contribution in [0.1, 0.15) is 26.7 Å². The Labute approximate surface area is 139 Å². The largest absolute Gasteiger partial charge is 1.00 e. The van der Waals surface area contributed by atoms with Crippen LogP contribution in [0, 0.1) is 0 Å². The zero-order chi connectivity index (χ0) is 13.8. The third-order valence-corrected chi connectivity index (χ3v) is 3.83. The van der Waals surface area contributed by atoms with E-state index >= 15 is 0 Å². The second kappa shape index (κ2) is 7.67. The van der Waals surface area contributed by atoms with Crippen LogP contribution in [0.3, 0.4) is 0 Å². The van der Waals surface area contributed by atoms with E-state index in [-0.39, 0.29) is 24.0 Å². The highest BCUT2D eigenvalue weighted by Gasteiger charge is 2.19. The molecule has 0 radical (unpaired) electrons. The van der Waals surface area contributed by atoms with Crippen molar-refractivity contribution < 1.29 is 28.7 Å². The number of nitrogens with zero attached hydrogens (tertiary/aromatic N) is 2. The zero-order valence-electron chi connectivity index (χ0n) is 12.7. The van der Waals surface area contributed by atoms with Crippen LogP contribution < -0.4 is 34.0 Å². The highest BCUT2D eigenvalue weighted by Crippen LogP contribution is 2.20. The lowest BCUT2D eigenvalue weighted by Crippen LogP contribution is -3.00. The molecule has 0 aliphatic carbocycles. The van der Waals surface area contributed by atoms with E-state index in [1.165, 1.54) is 17.1 Å². The molecule has 0 unspecified atom stereocenters. The Morgan fingerprint density at radius 2 is 1.75 bits per heavy atom. The third kappa shape index (κ3) is 3.53. The molecule has 1 aromatic heterocycles. The van der Waals surface area contributed by atoms with Gasteiger partial charge in [0.1, 0.15) is 0 Å². The van der Waals surface area contributed by atoms with Gasteiger partial charge >= 0.3 is 0 Å². The fourth-order valence-electron chi connectivity index (χ4n) is 2.36. The van der Waals surface area contributed by atoms with Gasteiger partial charge < -0.3 is 29.3 Å². The Morgan fingerprint density at radius 3 is 2.30 bits per heavy atom. The number of hydrogen-bond acceptors (Lipinski definition) is 1. The maximum absolute atomic E-state index is 3.62. The lowest BCUT2D eigenvalue weighted by molar-refractivity contribution is -0.740. The van der Waals surface area contributed by atoms with Crippen LogP contribution in [0.2, 0.25) is 0 Å². The van der Waals surface area contributed by atoms with E-state index < -0.39 is 0 Å². The van der Waals surface area contributed by atoms with Crippen LogP contribution in [0.4, 0.5) is 5.82 Å². The summed E-state index contributed by atoms with van der Waals surface area (Å²) >= 11 is 0. The second-order valence-corrected chi connectivity index (χ2v) is 4.99. The lowest BCUT2D eigenvalue weighted by Gasteiger charge is -2.14. The van der Waals surface area contributed by atoms with Gasteiger partial charge in [0.15, 0.2) is 12.9 Å². The smallest absolute Gasteiger partial charge is 0.240 e. The van der Waals surface area contributed by atoms with Crippen molar-refractivity contribution in [3.8, 4) is 11.3 Å². The maximum atomic E-state index is 3.62. The second-order valence-electron chi connectivity index (χ2n) is 4.99. The molecular weight excluding hydrogens is 361 g/mol. The molecule has 3 nitrogen and oxygen atoms in total. The Balaban J connectivity index is 0.00000200. The molecule has 1 heterocycles. The number of benzene rings is 1. The van der Waals surface area contributed by atoms with E-state index in [0.717, 1.165) is 12.8 Å². The van der Waals surface area contributed by atoms with Crippen LogP contribution in [-0.2, 0) is 14.1 Å². The topological polar surface area (TPSA) is 20.8 Å². The molecule has 2 rings (SSSR count). The summed E-state index contributed by atoms with van der Waals surface area (Å²) in [5, 5.41) is 3.62. The van der Waals surface area contributed by atoms with Gasteiger partial charge in [-0.3, -0.25) is 0 Å². The average molecular weight is 385 g/mol. The summed E-state index contributed by atoms with van der Waals surface area (Å²) in [5.74, 6) is 1.18. The van der Waals surface area contributed by atoms with E-state index in [1.807, 2.05) is 0 Å². The molecule has 2 aromatic rings. The number of aromatic nitrogens is 2. The van der Waals surface area contributed by atoms with E-state index in [0.29, 0.717) is 6.04 Å². The molecule has 0 atom stereocenters. The van der Waals surface area contributed by atoms with Crippen LogP contribution >= 0.6 is 0 Å². The van der Waals surface area contributed by atoms with Gasteiger partial charge in [-0.05, 0) is 25.0 Å². The van der Waals surface area contributed by atoms with Crippen LogP contribution in [-0.4, -0.2) is 10.7 Å². The minimum atomic E-state index is 0. The number of rotatable bonds is 5. The molecule has 0 aliphatic rings. The van der Waals surface area contributed by atoms with E-state index in [9.17, 15) is 0 Å². The first-order valence-electron chi connectivity index (χ1n) is 7.05. The van der Waals surface area contributed by atoms with Crippen molar-refractivity contribution in [2.45, 2.75) is 32.7 Å². The molecule has 0 saturated carbocycles. The standard InChI is InChI=1S/C16H23N3.HI/c1-5-14(6-2)17-16-12-15(18(3)19(16)4)13-10-8-7-9-11-13;/h7-12,14H,5-6H2,1-4H3;1H. The molecule has 0 spiro atoms. The Kier molecular flexibility index (Phi) is 6.52. The number of halogens is 1. The summed E-state index contributed by atoms with van der Waals surface area (Å²) in [6.07, 6.45) is 2.29. The summed E-state index contributed by atoms with van der Waals surface area (Å²) in [6, 6.07) is 13.3. The lowest BCUT2D eigenvalue weighted by atomic mass is 10.1. The summed E-state index contributed by atoms with van der Waals surface area (Å²) in [4.78, 5) is 0. The Hall–Kier alpha value is -1.04. The fraction of sp³-hybridized carbons (Fsp3) is 0.438. The molecule has 4 heteroatoms. The summed E-state index contributed by atoms with van der Waals surface area (Å²) in [6.45, 7) is 4.45. The zero-order valence-corrected chi connectivity index (χ0v) is 14.9. The Bertz CT molecular complexity index is 530. The molecule has 0 amide bonds. The van der Waals surface area contributed by atoms with E-state index in [4.69, 9.17) is 0 Å². The Morgan fingerprint density at radius 1 is 1.15 bits per heavy atom. The van der Waals surface area contributed by atoms with E-state index in [1.54, 1.807) is 0 Å². The van der Waals surface area contributed by atoms with Gasteiger partial charge in [-0.1, -0.05) is 32.0 Å². The van der Waals surface area contributed by atoms with Crippen molar-refractivity contribution in [2.24, 2.45) is 14.1 Å². The molecule has 110 valence electrons. The quantitative estimate of drug-likeness (QED) is 0.573. The predicted molar refractivity (Wildman–Crippen MR) is 80.0 cm³/mol. The van der Waals surface area contributed by atoms with E-state index in [2.05, 4.69) is 79.0 Å². The molecule has 0 saturated heterocycles. The maximum Gasteiger partial charge on any atom is 0.240 e. The van der Waals surface area contributed by atoms with Gasteiger partial charge in [0, 0.05) is 11.6 Å². The molecular formula is C16H24IN3. The van der Waals surface area contributed by atoms with Gasteiger partial charge in [-0.15, -0.1) is 9.36 Å². The van der Waals surface area contributed by atoms with Gasteiger partial charge in [0.05, 0.1) is 13.1 Å². The highest BCUT2D eigenvalue weighted by molar-refractivity contribution is 5.60. The fourth-order valence-corrected chi connectivity index (χ4v) is 2.36. The molecule has 0 bridgehead atoms. The minimum absolute atomic E-state index is 0. The highest BCUT2D eigenvalue weighted by atomic mass is 127. The van der Waals surface area contributed by atoms with Gasteiger partial charge in [-0.2, -0.15) is 0 Å². The van der Waals surface area contributed by atoms with Crippen molar-refractivity contribution in [3.05, 3.63) is 36.4 Å². The number of nitrogens with one attached hydrogen (secondary N) is 1. The van der Waals surface area contributed by atoms with Crippen molar-refractivity contribution >= 4 is 5.82 Å². The summed E-state index contributed by atoms with van der Waals surface area (Å²) in [5.41, 5.74) is 2.48. The SMILES string of the molecule is CCC(CC)Nc1cc(-c2ccccc2)[n+](C)n1C.[I-]. The predicted octanol–water partition coefficient (Wildman–Crippen LogP) is 0.121. The monoisotopic (exact) mass is 385 g/mol.